The standard InChI is InChI=1S/C10H20N2O2S/c1-6-11-8(15)7(2)12-9(13)14-10(3,4)5/h7H,6H2,1-5H3,(H,11,15)(H,12,13). The second-order valence-corrected chi connectivity index (χ2v) is 4.70. The molecule has 88 valence electrons. The number of carbonyl (C=O) groups excluding carboxylic acids is 1. The number of likely N-dealkylation sites (N-methyl/N-ethyl adjacent to an activating group) is 1. The summed E-state index contributed by atoms with van der Waals surface area (Å²) in [5, 5.41) is 5.63. The van der Waals surface area contributed by atoms with Crippen molar-refractivity contribution in [3.8, 4) is 0 Å². The zero-order chi connectivity index (χ0) is 12.1. The molecule has 0 saturated heterocycles. The van der Waals surface area contributed by atoms with E-state index in [1.54, 1.807) is 0 Å². The van der Waals surface area contributed by atoms with Gasteiger partial charge in [-0.05, 0) is 34.6 Å². The Bertz CT molecular complexity index is 236. The van der Waals surface area contributed by atoms with Gasteiger partial charge >= 0.3 is 6.09 Å². The van der Waals surface area contributed by atoms with Gasteiger partial charge in [0, 0.05) is 6.54 Å². The summed E-state index contributed by atoms with van der Waals surface area (Å²) in [5.74, 6) is 0. The average molecular weight is 232 g/mol. The summed E-state index contributed by atoms with van der Waals surface area (Å²) < 4.78 is 5.10. The monoisotopic (exact) mass is 232 g/mol. The van der Waals surface area contributed by atoms with Crippen LogP contribution in [0, 0.1) is 0 Å². The number of carbonyl (C=O) groups is 1. The molecule has 1 atom stereocenters. The Morgan fingerprint density at radius 1 is 1.47 bits per heavy atom. The summed E-state index contributed by atoms with van der Waals surface area (Å²) in [7, 11) is 0. The lowest BCUT2D eigenvalue weighted by Crippen LogP contribution is -2.45. The van der Waals surface area contributed by atoms with Gasteiger partial charge in [0.1, 0.15) is 5.60 Å². The molecule has 0 aliphatic carbocycles. The third-order valence-electron chi connectivity index (χ3n) is 1.48. The lowest BCUT2D eigenvalue weighted by molar-refractivity contribution is 0.0521. The Balaban J connectivity index is 4.02. The minimum atomic E-state index is -0.483. The fraction of sp³-hybridized carbons (Fsp3) is 0.800. The van der Waals surface area contributed by atoms with Gasteiger partial charge in [0.25, 0.3) is 0 Å². The molecular formula is C10H20N2O2S. The van der Waals surface area contributed by atoms with Crippen molar-refractivity contribution in [1.29, 1.82) is 0 Å². The zero-order valence-corrected chi connectivity index (χ0v) is 10.8. The second kappa shape index (κ2) is 5.90. The molecule has 15 heavy (non-hydrogen) atoms. The van der Waals surface area contributed by atoms with E-state index in [0.29, 0.717) is 4.99 Å². The summed E-state index contributed by atoms with van der Waals surface area (Å²) in [6, 6.07) is -0.213. The van der Waals surface area contributed by atoms with Gasteiger partial charge in [-0.2, -0.15) is 0 Å². The van der Waals surface area contributed by atoms with Crippen LogP contribution in [0.2, 0.25) is 0 Å². The molecule has 5 heteroatoms. The molecule has 0 aromatic carbocycles. The summed E-state index contributed by atoms with van der Waals surface area (Å²) in [6.07, 6.45) is -0.449. The molecule has 1 unspecified atom stereocenters. The molecule has 0 saturated carbocycles. The number of thiocarbonyl (C=S) groups is 1. The summed E-state index contributed by atoms with van der Waals surface area (Å²) in [5.41, 5.74) is -0.483. The molecule has 0 spiro atoms. The van der Waals surface area contributed by atoms with Crippen LogP contribution in [0.15, 0.2) is 0 Å². The molecule has 0 fully saturated rings. The molecule has 0 radical (unpaired) electrons. The summed E-state index contributed by atoms with van der Waals surface area (Å²) in [4.78, 5) is 12.0. The molecule has 4 nitrogen and oxygen atoms in total. The molecule has 0 aromatic rings. The van der Waals surface area contributed by atoms with E-state index < -0.39 is 11.7 Å². The van der Waals surface area contributed by atoms with Crippen molar-refractivity contribution in [2.75, 3.05) is 6.54 Å². The van der Waals surface area contributed by atoms with Crippen LogP contribution in [0.1, 0.15) is 34.6 Å². The van der Waals surface area contributed by atoms with E-state index in [4.69, 9.17) is 17.0 Å². The van der Waals surface area contributed by atoms with Crippen LogP contribution >= 0.6 is 12.2 Å². The van der Waals surface area contributed by atoms with Crippen molar-refractivity contribution in [2.24, 2.45) is 0 Å². The predicted molar refractivity (Wildman–Crippen MR) is 65.1 cm³/mol. The Kier molecular flexibility index (Phi) is 5.57. The first-order valence-corrected chi connectivity index (χ1v) is 5.44. The molecule has 0 aliphatic heterocycles. The largest absolute Gasteiger partial charge is 0.444 e. The van der Waals surface area contributed by atoms with Crippen molar-refractivity contribution in [1.82, 2.24) is 10.6 Å². The maximum atomic E-state index is 11.4. The van der Waals surface area contributed by atoms with Crippen molar-refractivity contribution in [2.45, 2.75) is 46.3 Å². The highest BCUT2D eigenvalue weighted by atomic mass is 32.1. The highest BCUT2D eigenvalue weighted by Gasteiger charge is 2.18. The number of ether oxygens (including phenoxy) is 1. The van der Waals surface area contributed by atoms with E-state index in [1.165, 1.54) is 0 Å². The minimum absolute atomic E-state index is 0.213. The normalized spacial score (nSPS) is 12.9. The van der Waals surface area contributed by atoms with Crippen molar-refractivity contribution >= 4 is 23.3 Å². The van der Waals surface area contributed by atoms with Gasteiger partial charge in [-0.1, -0.05) is 12.2 Å². The van der Waals surface area contributed by atoms with Crippen LogP contribution in [-0.2, 0) is 4.74 Å². The zero-order valence-electron chi connectivity index (χ0n) is 10.0. The van der Waals surface area contributed by atoms with Crippen molar-refractivity contribution in [3.05, 3.63) is 0 Å². The Labute approximate surface area is 96.8 Å². The van der Waals surface area contributed by atoms with Crippen LogP contribution in [0.3, 0.4) is 0 Å². The quantitative estimate of drug-likeness (QED) is 0.729. The molecule has 0 aliphatic rings. The number of amides is 1. The van der Waals surface area contributed by atoms with Crippen LogP contribution < -0.4 is 10.6 Å². The van der Waals surface area contributed by atoms with E-state index >= 15 is 0 Å². The maximum Gasteiger partial charge on any atom is 0.408 e. The third-order valence-corrected chi connectivity index (χ3v) is 1.98. The predicted octanol–water partition coefficient (Wildman–Crippen LogP) is 1.84. The van der Waals surface area contributed by atoms with Crippen LogP contribution in [-0.4, -0.2) is 29.3 Å². The van der Waals surface area contributed by atoms with Gasteiger partial charge in [0.15, 0.2) is 0 Å². The number of nitrogens with one attached hydrogen (secondary N) is 2. The highest BCUT2D eigenvalue weighted by Crippen LogP contribution is 2.06. The number of rotatable bonds is 3. The van der Waals surface area contributed by atoms with Crippen molar-refractivity contribution in [3.63, 3.8) is 0 Å². The lowest BCUT2D eigenvalue weighted by atomic mass is 10.2. The molecule has 1 amide bonds. The fourth-order valence-electron chi connectivity index (χ4n) is 0.877. The van der Waals surface area contributed by atoms with Gasteiger partial charge in [-0.3, -0.25) is 0 Å². The number of hydrogen-bond donors (Lipinski definition) is 2. The SMILES string of the molecule is CCNC(=S)C(C)NC(=O)OC(C)(C)C. The van der Waals surface area contributed by atoms with Crippen LogP contribution in [0.5, 0.6) is 0 Å². The molecule has 0 rings (SSSR count). The topological polar surface area (TPSA) is 50.4 Å². The Hall–Kier alpha value is -0.840. The number of hydrogen-bond acceptors (Lipinski definition) is 3. The average Bonchev–Trinajstić information content (AvgIpc) is 2.00. The molecular weight excluding hydrogens is 212 g/mol. The minimum Gasteiger partial charge on any atom is -0.444 e. The van der Waals surface area contributed by atoms with E-state index in [0.717, 1.165) is 6.54 Å². The first kappa shape index (κ1) is 14.2. The van der Waals surface area contributed by atoms with E-state index in [2.05, 4.69) is 10.6 Å². The van der Waals surface area contributed by atoms with Crippen LogP contribution in [0.4, 0.5) is 4.79 Å². The lowest BCUT2D eigenvalue weighted by Gasteiger charge is -2.22. The summed E-state index contributed by atoms with van der Waals surface area (Å²) in [6.45, 7) is 9.97. The van der Waals surface area contributed by atoms with Gasteiger partial charge in [-0.15, -0.1) is 0 Å². The Morgan fingerprint density at radius 3 is 2.40 bits per heavy atom. The van der Waals surface area contributed by atoms with E-state index in [9.17, 15) is 4.79 Å². The van der Waals surface area contributed by atoms with E-state index in [1.807, 2.05) is 34.6 Å². The van der Waals surface area contributed by atoms with Gasteiger partial charge in [-0.25, -0.2) is 4.79 Å². The fourth-order valence-corrected chi connectivity index (χ4v) is 1.08. The summed E-state index contributed by atoms with van der Waals surface area (Å²) >= 11 is 5.05. The molecule has 2 N–H and O–H groups in total. The van der Waals surface area contributed by atoms with Gasteiger partial charge in [0.05, 0.1) is 11.0 Å². The molecule has 0 aromatic heterocycles. The maximum absolute atomic E-state index is 11.4. The van der Waals surface area contributed by atoms with Crippen molar-refractivity contribution < 1.29 is 9.53 Å². The smallest absolute Gasteiger partial charge is 0.408 e. The molecule has 0 bridgehead atoms. The van der Waals surface area contributed by atoms with E-state index in [-0.39, 0.29) is 6.04 Å². The molecule has 0 heterocycles. The van der Waals surface area contributed by atoms with Gasteiger partial charge < -0.3 is 15.4 Å². The van der Waals surface area contributed by atoms with Crippen LogP contribution in [0.25, 0.3) is 0 Å². The number of alkyl carbamates (subject to hydrolysis) is 1. The highest BCUT2D eigenvalue weighted by molar-refractivity contribution is 7.80. The van der Waals surface area contributed by atoms with Gasteiger partial charge in [0.2, 0.25) is 0 Å². The first-order chi connectivity index (χ1) is 6.76. The third kappa shape index (κ3) is 7.13. The first-order valence-electron chi connectivity index (χ1n) is 5.03. The Morgan fingerprint density at radius 2 is 2.00 bits per heavy atom. The second-order valence-electron chi connectivity index (χ2n) is 4.26.